The minimum Gasteiger partial charge on any atom is -0.472 e. The van der Waals surface area contributed by atoms with Crippen molar-refractivity contribution in [3.8, 4) is 11.1 Å². The number of aryl methyl sites for hydroxylation is 1. The van der Waals surface area contributed by atoms with Gasteiger partial charge in [-0.1, -0.05) is 26.8 Å². The Morgan fingerprint density at radius 2 is 1.96 bits per heavy atom. The molecule has 0 saturated heterocycles. The van der Waals surface area contributed by atoms with Crippen molar-refractivity contribution in [2.75, 3.05) is 0 Å². The van der Waals surface area contributed by atoms with Crippen molar-refractivity contribution in [3.05, 3.63) is 53.1 Å². The molecule has 0 bridgehead atoms. The molecule has 0 saturated carbocycles. The van der Waals surface area contributed by atoms with Crippen molar-refractivity contribution in [3.63, 3.8) is 0 Å². The molecule has 0 atom stereocenters. The molecule has 0 fully saturated rings. The lowest BCUT2D eigenvalue weighted by molar-refractivity contribution is 0.332. The molecular weight excluding hydrogens is 314 g/mol. The summed E-state index contributed by atoms with van der Waals surface area (Å²) in [5.74, 6) is 0. The molecule has 2 aromatic heterocycles. The first-order valence-corrected chi connectivity index (χ1v) is 9.10. The van der Waals surface area contributed by atoms with Gasteiger partial charge in [0.15, 0.2) is 0 Å². The van der Waals surface area contributed by atoms with Crippen molar-refractivity contribution >= 4 is 21.4 Å². The highest BCUT2D eigenvalue weighted by Gasteiger charge is 2.20. The Morgan fingerprint density at radius 3 is 2.54 bits per heavy atom. The van der Waals surface area contributed by atoms with E-state index in [1.54, 1.807) is 6.26 Å². The first-order chi connectivity index (χ1) is 11.3. The van der Waals surface area contributed by atoms with E-state index in [1.807, 2.05) is 12.3 Å². The van der Waals surface area contributed by atoms with Crippen LogP contribution in [0.5, 0.6) is 0 Å². The van der Waals surface area contributed by atoms with Crippen molar-refractivity contribution in [2.45, 2.75) is 46.6 Å². The van der Waals surface area contributed by atoms with Gasteiger partial charge in [-0.3, -0.25) is 4.98 Å². The third-order valence-electron chi connectivity index (χ3n) is 4.58. The number of rotatable bonds is 3. The number of pyridine rings is 1. The minimum absolute atomic E-state index is 0.0929. The third kappa shape index (κ3) is 2.92. The van der Waals surface area contributed by atoms with Gasteiger partial charge in [0, 0.05) is 10.9 Å². The van der Waals surface area contributed by atoms with Crippen LogP contribution in [0.25, 0.3) is 22.0 Å². The van der Waals surface area contributed by atoms with Gasteiger partial charge in [0.2, 0.25) is 0 Å². The normalized spacial score (nSPS) is 12.2. The van der Waals surface area contributed by atoms with Crippen molar-refractivity contribution in [2.24, 2.45) is 0 Å². The van der Waals surface area contributed by atoms with Crippen LogP contribution in [-0.4, -0.2) is 15.5 Å². The standard InChI is InChI=1S/C20H25NO2Si/c1-12-8-15(20(3,4)5)9-16-18(12)19(14-6-7-22-10-14)13(2)17(21-16)11-23-24/h6-10H,11H2,1-5,24H3. The summed E-state index contributed by atoms with van der Waals surface area (Å²) in [5, 5.41) is 1.21. The molecule has 0 radical (unpaired) electrons. The fraction of sp³-hybridized carbons (Fsp3) is 0.350. The van der Waals surface area contributed by atoms with Gasteiger partial charge in [0.25, 0.3) is 0 Å². The molecule has 2 heterocycles. The maximum atomic E-state index is 5.51. The van der Waals surface area contributed by atoms with Crippen LogP contribution in [-0.2, 0) is 16.4 Å². The van der Waals surface area contributed by atoms with E-state index in [0.29, 0.717) is 17.1 Å². The van der Waals surface area contributed by atoms with E-state index in [4.69, 9.17) is 13.8 Å². The first kappa shape index (κ1) is 16.9. The molecule has 0 amide bonds. The summed E-state index contributed by atoms with van der Waals surface area (Å²) < 4.78 is 10.9. The second-order valence-corrected chi connectivity index (χ2v) is 8.02. The predicted molar refractivity (Wildman–Crippen MR) is 102 cm³/mol. The summed E-state index contributed by atoms with van der Waals surface area (Å²) in [6, 6.07) is 6.53. The zero-order valence-electron chi connectivity index (χ0n) is 15.4. The summed E-state index contributed by atoms with van der Waals surface area (Å²) in [7, 11) is 0.707. The quantitative estimate of drug-likeness (QED) is 0.671. The molecule has 0 aliphatic heterocycles. The average molecular weight is 340 g/mol. The van der Waals surface area contributed by atoms with Crippen LogP contribution >= 0.6 is 0 Å². The van der Waals surface area contributed by atoms with E-state index in [2.05, 4.69) is 46.8 Å². The second-order valence-electron chi connectivity index (χ2n) is 7.44. The largest absolute Gasteiger partial charge is 0.472 e. The van der Waals surface area contributed by atoms with Crippen LogP contribution in [0.15, 0.2) is 35.1 Å². The number of fused-ring (bicyclic) bond motifs is 1. The van der Waals surface area contributed by atoms with Crippen molar-refractivity contribution in [1.29, 1.82) is 0 Å². The minimum atomic E-state index is 0.0929. The summed E-state index contributed by atoms with van der Waals surface area (Å²) in [5.41, 5.74) is 8.18. The number of furan rings is 1. The Labute approximate surface area is 146 Å². The topological polar surface area (TPSA) is 35.3 Å². The van der Waals surface area contributed by atoms with Gasteiger partial charge in [0.1, 0.15) is 10.5 Å². The number of aromatic nitrogens is 1. The zero-order valence-corrected chi connectivity index (χ0v) is 17.4. The van der Waals surface area contributed by atoms with Crippen molar-refractivity contribution in [1.82, 2.24) is 4.98 Å². The first-order valence-electron chi connectivity index (χ1n) is 8.28. The van der Waals surface area contributed by atoms with Gasteiger partial charge in [-0.2, -0.15) is 0 Å². The van der Waals surface area contributed by atoms with Crippen LogP contribution in [0.4, 0.5) is 0 Å². The van der Waals surface area contributed by atoms with Crippen LogP contribution in [0, 0.1) is 13.8 Å². The lowest BCUT2D eigenvalue weighted by atomic mass is 9.84. The second kappa shape index (κ2) is 6.19. The molecule has 4 heteroatoms. The van der Waals surface area contributed by atoms with Crippen LogP contribution < -0.4 is 0 Å². The molecule has 0 N–H and O–H groups in total. The molecule has 24 heavy (non-hydrogen) atoms. The molecule has 0 aliphatic rings. The van der Waals surface area contributed by atoms with Gasteiger partial charge in [-0.15, -0.1) is 0 Å². The maximum Gasteiger partial charge on any atom is 0.146 e. The monoisotopic (exact) mass is 339 g/mol. The highest BCUT2D eigenvalue weighted by atomic mass is 28.2. The van der Waals surface area contributed by atoms with E-state index >= 15 is 0 Å². The van der Waals surface area contributed by atoms with Gasteiger partial charge >= 0.3 is 0 Å². The van der Waals surface area contributed by atoms with Gasteiger partial charge < -0.3 is 8.84 Å². The highest BCUT2D eigenvalue weighted by molar-refractivity contribution is 5.99. The summed E-state index contributed by atoms with van der Waals surface area (Å²) in [6.07, 6.45) is 3.53. The smallest absolute Gasteiger partial charge is 0.146 e. The van der Waals surface area contributed by atoms with E-state index in [0.717, 1.165) is 16.8 Å². The van der Waals surface area contributed by atoms with Crippen LogP contribution in [0.2, 0.25) is 0 Å². The third-order valence-corrected chi connectivity index (χ3v) is 4.87. The Morgan fingerprint density at radius 1 is 1.21 bits per heavy atom. The molecule has 3 rings (SSSR count). The van der Waals surface area contributed by atoms with Crippen molar-refractivity contribution < 1.29 is 8.84 Å². The molecular formula is C20H25NO2Si. The average Bonchev–Trinajstić information content (AvgIpc) is 3.01. The van der Waals surface area contributed by atoms with E-state index in [-0.39, 0.29) is 5.41 Å². The number of nitrogens with zero attached hydrogens (tertiary/aromatic N) is 1. The Hall–Kier alpha value is -1.91. The summed E-state index contributed by atoms with van der Waals surface area (Å²) in [4.78, 5) is 4.94. The Bertz CT molecular complexity index is 877. The van der Waals surface area contributed by atoms with E-state index in [1.165, 1.54) is 27.6 Å². The molecule has 1 aromatic carbocycles. The Kier molecular flexibility index (Phi) is 4.36. The molecule has 0 aliphatic carbocycles. The van der Waals surface area contributed by atoms with Gasteiger partial charge in [-0.25, -0.2) is 0 Å². The molecule has 3 nitrogen and oxygen atoms in total. The molecule has 0 spiro atoms. The maximum absolute atomic E-state index is 5.51. The zero-order chi connectivity index (χ0) is 17.5. The highest BCUT2D eigenvalue weighted by Crippen LogP contribution is 2.37. The van der Waals surface area contributed by atoms with Gasteiger partial charge in [-0.05, 0) is 53.6 Å². The van der Waals surface area contributed by atoms with Crippen LogP contribution in [0.1, 0.15) is 43.2 Å². The van der Waals surface area contributed by atoms with Crippen LogP contribution in [0.3, 0.4) is 0 Å². The lowest BCUT2D eigenvalue weighted by Crippen LogP contribution is -2.12. The van der Waals surface area contributed by atoms with E-state index in [9.17, 15) is 0 Å². The SMILES string of the molecule is Cc1c(CO[SiH3])nc2cc(C(C)(C)C)cc(C)c2c1-c1ccoc1. The summed E-state index contributed by atoms with van der Waals surface area (Å²) in [6.45, 7) is 11.6. The molecule has 3 aromatic rings. The number of benzene rings is 1. The lowest BCUT2D eigenvalue weighted by Gasteiger charge is -2.22. The van der Waals surface area contributed by atoms with E-state index < -0.39 is 0 Å². The molecule has 0 unspecified atom stereocenters. The predicted octanol–water partition coefficient (Wildman–Crippen LogP) is 4.21. The Balaban J connectivity index is 2.41. The van der Waals surface area contributed by atoms with Gasteiger partial charge in [0.05, 0.1) is 30.3 Å². The summed E-state index contributed by atoms with van der Waals surface area (Å²) >= 11 is 0. The fourth-order valence-corrected chi connectivity index (χ4v) is 3.49. The number of hydrogen-bond donors (Lipinski definition) is 0. The fourth-order valence-electron chi connectivity index (χ4n) is 3.22. The number of hydrogen-bond acceptors (Lipinski definition) is 3. The molecule has 126 valence electrons.